The van der Waals surface area contributed by atoms with Crippen LogP contribution >= 0.6 is 0 Å². The molecule has 4 rings (SSSR count). The van der Waals surface area contributed by atoms with E-state index in [0.29, 0.717) is 17.4 Å². The van der Waals surface area contributed by atoms with Crippen LogP contribution in [0.25, 0.3) is 11.4 Å². The molecule has 2 unspecified atom stereocenters. The maximum absolute atomic E-state index is 5.92. The minimum absolute atomic E-state index is 0.472. The largest absolute Gasteiger partial charge is 0.398 e. The van der Waals surface area contributed by atoms with E-state index in [1.54, 1.807) is 0 Å². The molecule has 2 aliphatic rings. The fourth-order valence-corrected chi connectivity index (χ4v) is 3.13. The number of fused-ring (bicyclic) bond motifs is 1. The number of anilines is 1. The van der Waals surface area contributed by atoms with E-state index in [2.05, 4.69) is 10.1 Å². The maximum Gasteiger partial charge on any atom is 0.230 e. The van der Waals surface area contributed by atoms with Gasteiger partial charge in [-0.25, -0.2) is 0 Å². The van der Waals surface area contributed by atoms with Gasteiger partial charge in [-0.2, -0.15) is 4.98 Å². The average Bonchev–Trinajstić information content (AvgIpc) is 2.82. The van der Waals surface area contributed by atoms with Crippen molar-refractivity contribution >= 4 is 5.69 Å². The monoisotopic (exact) mass is 241 g/mol. The first-order chi connectivity index (χ1) is 8.81. The number of nitrogens with two attached hydrogens (primary N) is 1. The average molecular weight is 241 g/mol. The van der Waals surface area contributed by atoms with Gasteiger partial charge in [0.15, 0.2) is 0 Å². The van der Waals surface area contributed by atoms with Crippen LogP contribution in [0.5, 0.6) is 0 Å². The molecule has 0 spiro atoms. The predicted octanol–water partition coefficient (Wildman–Crippen LogP) is 2.83. The Kier molecular flexibility index (Phi) is 2.01. The number of rotatable bonds is 2. The van der Waals surface area contributed by atoms with Crippen molar-refractivity contribution < 1.29 is 4.52 Å². The lowest BCUT2D eigenvalue weighted by Gasteiger charge is -2.04. The molecule has 1 aromatic carbocycles. The number of aromatic nitrogens is 2. The fourth-order valence-electron chi connectivity index (χ4n) is 3.13. The summed E-state index contributed by atoms with van der Waals surface area (Å²) >= 11 is 0. The summed E-state index contributed by atoms with van der Waals surface area (Å²) in [6.45, 7) is 0. The Morgan fingerprint density at radius 2 is 1.89 bits per heavy atom. The Labute approximate surface area is 105 Å². The Balaban J connectivity index is 1.63. The van der Waals surface area contributed by atoms with Gasteiger partial charge in [0, 0.05) is 17.2 Å². The lowest BCUT2D eigenvalue weighted by Crippen LogP contribution is -1.96. The SMILES string of the molecule is Nc1ccccc1-c1noc(C2CC3CC3C2)n1. The molecule has 2 saturated carbocycles. The van der Waals surface area contributed by atoms with E-state index >= 15 is 0 Å². The van der Waals surface area contributed by atoms with E-state index in [-0.39, 0.29) is 0 Å². The lowest BCUT2D eigenvalue weighted by molar-refractivity contribution is 0.346. The summed E-state index contributed by atoms with van der Waals surface area (Å²) in [6, 6.07) is 7.63. The van der Waals surface area contributed by atoms with Crippen LogP contribution in [0.1, 0.15) is 31.1 Å². The van der Waals surface area contributed by atoms with E-state index in [0.717, 1.165) is 23.3 Å². The molecule has 2 atom stereocenters. The van der Waals surface area contributed by atoms with Gasteiger partial charge in [0.05, 0.1) is 0 Å². The second-order valence-corrected chi connectivity index (χ2v) is 5.47. The second-order valence-electron chi connectivity index (χ2n) is 5.47. The third-order valence-electron chi connectivity index (χ3n) is 4.24. The first-order valence-electron chi connectivity index (χ1n) is 6.50. The van der Waals surface area contributed by atoms with Crippen molar-refractivity contribution in [3.05, 3.63) is 30.2 Å². The van der Waals surface area contributed by atoms with Crippen LogP contribution in [0.15, 0.2) is 28.8 Å². The zero-order valence-electron chi connectivity index (χ0n) is 10.0. The molecule has 0 bridgehead atoms. The minimum atomic E-state index is 0.472. The maximum atomic E-state index is 5.92. The summed E-state index contributed by atoms with van der Waals surface area (Å²) in [5.41, 5.74) is 7.47. The quantitative estimate of drug-likeness (QED) is 0.821. The summed E-state index contributed by atoms with van der Waals surface area (Å²) < 4.78 is 5.41. The second kappa shape index (κ2) is 3.57. The molecule has 4 nitrogen and oxygen atoms in total. The van der Waals surface area contributed by atoms with E-state index in [4.69, 9.17) is 10.3 Å². The van der Waals surface area contributed by atoms with Gasteiger partial charge in [-0.15, -0.1) is 0 Å². The Hall–Kier alpha value is -1.84. The molecular weight excluding hydrogens is 226 g/mol. The highest BCUT2D eigenvalue weighted by atomic mass is 16.5. The molecule has 0 amide bonds. The van der Waals surface area contributed by atoms with Gasteiger partial charge < -0.3 is 10.3 Å². The molecule has 2 aromatic rings. The van der Waals surface area contributed by atoms with Crippen LogP contribution in [0.3, 0.4) is 0 Å². The third-order valence-corrected chi connectivity index (χ3v) is 4.24. The number of nitrogens with zero attached hydrogens (tertiary/aromatic N) is 2. The van der Waals surface area contributed by atoms with E-state index < -0.39 is 0 Å². The summed E-state index contributed by atoms with van der Waals surface area (Å²) in [6.07, 6.45) is 3.84. The summed E-state index contributed by atoms with van der Waals surface area (Å²) in [7, 11) is 0. The zero-order valence-corrected chi connectivity index (χ0v) is 10.0. The molecule has 1 heterocycles. The van der Waals surface area contributed by atoms with Crippen LogP contribution in [0.4, 0.5) is 5.69 Å². The first kappa shape index (κ1) is 10.1. The highest BCUT2D eigenvalue weighted by Crippen LogP contribution is 2.57. The Morgan fingerprint density at radius 3 is 2.67 bits per heavy atom. The molecule has 2 aliphatic carbocycles. The summed E-state index contributed by atoms with van der Waals surface area (Å²) in [4.78, 5) is 4.52. The standard InChI is InChI=1S/C14H15N3O/c15-12-4-2-1-3-11(12)13-16-14(18-17-13)10-6-8-5-9(8)7-10/h1-4,8-10H,5-7,15H2. The van der Waals surface area contributed by atoms with E-state index in [1.165, 1.54) is 19.3 Å². The van der Waals surface area contributed by atoms with Crippen molar-refractivity contribution in [2.24, 2.45) is 11.8 Å². The lowest BCUT2D eigenvalue weighted by atomic mass is 10.0. The highest BCUT2D eigenvalue weighted by molar-refractivity contribution is 5.70. The van der Waals surface area contributed by atoms with Crippen molar-refractivity contribution in [2.45, 2.75) is 25.2 Å². The number of hydrogen-bond donors (Lipinski definition) is 1. The zero-order chi connectivity index (χ0) is 12.1. The topological polar surface area (TPSA) is 64.9 Å². The van der Waals surface area contributed by atoms with Gasteiger partial charge in [-0.3, -0.25) is 0 Å². The van der Waals surface area contributed by atoms with Crippen LogP contribution < -0.4 is 5.73 Å². The van der Waals surface area contributed by atoms with Gasteiger partial charge >= 0.3 is 0 Å². The summed E-state index contributed by atoms with van der Waals surface area (Å²) in [5, 5.41) is 4.07. The molecule has 92 valence electrons. The smallest absolute Gasteiger partial charge is 0.230 e. The van der Waals surface area contributed by atoms with Crippen molar-refractivity contribution in [1.82, 2.24) is 10.1 Å². The number of benzene rings is 1. The highest BCUT2D eigenvalue weighted by Gasteiger charge is 2.47. The Bertz CT molecular complexity index is 582. The Morgan fingerprint density at radius 1 is 1.11 bits per heavy atom. The molecule has 18 heavy (non-hydrogen) atoms. The van der Waals surface area contributed by atoms with Crippen LogP contribution in [-0.2, 0) is 0 Å². The molecule has 4 heteroatoms. The predicted molar refractivity (Wildman–Crippen MR) is 67.7 cm³/mol. The fraction of sp³-hybridized carbons (Fsp3) is 0.429. The van der Waals surface area contributed by atoms with Crippen LogP contribution in [0.2, 0.25) is 0 Å². The van der Waals surface area contributed by atoms with Gasteiger partial charge in [-0.05, 0) is 43.2 Å². The molecule has 1 aromatic heterocycles. The van der Waals surface area contributed by atoms with Gasteiger partial charge in [0.1, 0.15) is 0 Å². The molecular formula is C14H15N3O. The molecule has 0 saturated heterocycles. The van der Waals surface area contributed by atoms with Crippen molar-refractivity contribution in [2.75, 3.05) is 5.73 Å². The first-order valence-corrected chi connectivity index (χ1v) is 6.50. The van der Waals surface area contributed by atoms with Crippen LogP contribution in [0, 0.1) is 11.8 Å². The summed E-state index contributed by atoms with van der Waals surface area (Å²) in [5.74, 6) is 3.73. The number of nitrogen functional groups attached to an aromatic ring is 1. The third kappa shape index (κ3) is 1.52. The molecule has 0 aliphatic heterocycles. The number of hydrogen-bond acceptors (Lipinski definition) is 4. The van der Waals surface area contributed by atoms with E-state index in [9.17, 15) is 0 Å². The van der Waals surface area contributed by atoms with Gasteiger partial charge in [0.25, 0.3) is 0 Å². The van der Waals surface area contributed by atoms with Crippen molar-refractivity contribution in [3.63, 3.8) is 0 Å². The van der Waals surface area contributed by atoms with Gasteiger partial charge in [0.2, 0.25) is 11.7 Å². The molecule has 2 fully saturated rings. The van der Waals surface area contributed by atoms with Gasteiger partial charge in [-0.1, -0.05) is 17.3 Å². The van der Waals surface area contributed by atoms with Crippen molar-refractivity contribution in [1.29, 1.82) is 0 Å². The number of para-hydroxylation sites is 1. The minimum Gasteiger partial charge on any atom is -0.398 e. The molecule has 0 radical (unpaired) electrons. The van der Waals surface area contributed by atoms with Crippen LogP contribution in [-0.4, -0.2) is 10.1 Å². The molecule has 2 N–H and O–H groups in total. The normalized spacial score (nSPS) is 29.2. The van der Waals surface area contributed by atoms with Crippen molar-refractivity contribution in [3.8, 4) is 11.4 Å². The van der Waals surface area contributed by atoms with E-state index in [1.807, 2.05) is 24.3 Å².